The monoisotopic (exact) mass is 310 g/mol. The predicted molar refractivity (Wildman–Crippen MR) is 97.4 cm³/mol. The molecule has 1 heterocycles. The van der Waals surface area contributed by atoms with Gasteiger partial charge < -0.3 is 4.74 Å². The minimum atomic E-state index is -0.0550. The third-order valence-electron chi connectivity index (χ3n) is 5.79. The first-order valence-corrected chi connectivity index (χ1v) is 8.93. The molecule has 1 aromatic carbocycles. The minimum absolute atomic E-state index is 0.0550. The van der Waals surface area contributed by atoms with Crippen LogP contribution in [0.5, 0.6) is 0 Å². The number of rotatable bonds is 3. The molecule has 23 heavy (non-hydrogen) atoms. The molecule has 1 fully saturated rings. The Balaban J connectivity index is 1.94. The van der Waals surface area contributed by atoms with Gasteiger partial charge in [0, 0.05) is 5.92 Å². The first-order valence-electron chi connectivity index (χ1n) is 8.93. The molecule has 2 bridgehead atoms. The highest BCUT2D eigenvalue weighted by atomic mass is 16.5. The van der Waals surface area contributed by atoms with Crippen LogP contribution in [-0.2, 0) is 4.74 Å². The second-order valence-corrected chi connectivity index (χ2v) is 7.97. The molecule has 3 rings (SSSR count). The van der Waals surface area contributed by atoms with E-state index in [0.29, 0.717) is 11.8 Å². The van der Waals surface area contributed by atoms with Gasteiger partial charge in [0.25, 0.3) is 0 Å². The summed E-state index contributed by atoms with van der Waals surface area (Å²) < 4.78 is 6.80. The van der Waals surface area contributed by atoms with E-state index in [4.69, 9.17) is 4.74 Å². The highest BCUT2D eigenvalue weighted by molar-refractivity contribution is 5.28. The van der Waals surface area contributed by atoms with Crippen LogP contribution in [0.1, 0.15) is 64.2 Å². The lowest BCUT2D eigenvalue weighted by Crippen LogP contribution is -2.47. The van der Waals surface area contributed by atoms with Crippen LogP contribution >= 0.6 is 0 Å². The molecular weight excluding hydrogens is 280 g/mol. The summed E-state index contributed by atoms with van der Waals surface area (Å²) in [4.78, 5) is 0. The fourth-order valence-electron chi connectivity index (χ4n) is 4.08. The van der Waals surface area contributed by atoms with Gasteiger partial charge in [0.05, 0.1) is 11.7 Å². The smallest absolute Gasteiger partial charge is 0.0897 e. The van der Waals surface area contributed by atoms with Gasteiger partial charge in [-0.1, -0.05) is 53.1 Å². The summed E-state index contributed by atoms with van der Waals surface area (Å²) in [5.41, 5.74) is 5.48. The van der Waals surface area contributed by atoms with Crippen LogP contribution in [-0.4, -0.2) is 5.60 Å². The van der Waals surface area contributed by atoms with E-state index in [2.05, 4.69) is 71.0 Å². The van der Waals surface area contributed by atoms with Crippen molar-refractivity contribution in [1.29, 1.82) is 0 Å². The Kier molecular flexibility index (Phi) is 4.51. The van der Waals surface area contributed by atoms with E-state index in [0.717, 1.165) is 12.8 Å². The van der Waals surface area contributed by atoms with Gasteiger partial charge in [0.15, 0.2) is 0 Å². The molecule has 1 nitrogen and oxygen atoms in total. The number of hydrogen-bond donors (Lipinski definition) is 0. The Labute approximate surface area is 141 Å². The molecule has 0 unspecified atom stereocenters. The molecule has 1 aliphatic heterocycles. The molecule has 4 atom stereocenters. The normalized spacial score (nSPS) is 33.1. The predicted octanol–water partition coefficient (Wildman–Crippen LogP) is 6.15. The Morgan fingerprint density at radius 3 is 2.57 bits per heavy atom. The van der Waals surface area contributed by atoms with Crippen molar-refractivity contribution in [1.82, 2.24) is 0 Å². The minimum Gasteiger partial charge on any atom is -0.366 e. The quantitative estimate of drug-likeness (QED) is 0.608. The van der Waals surface area contributed by atoms with Crippen molar-refractivity contribution in [2.45, 2.75) is 65.6 Å². The van der Waals surface area contributed by atoms with Crippen molar-refractivity contribution in [3.63, 3.8) is 0 Å². The molecule has 0 saturated carbocycles. The topological polar surface area (TPSA) is 9.23 Å². The molecule has 124 valence electrons. The summed E-state index contributed by atoms with van der Waals surface area (Å²) in [5, 5.41) is 0. The van der Waals surface area contributed by atoms with Crippen molar-refractivity contribution >= 4 is 0 Å². The fraction of sp³-hybridized carbons (Fsp3) is 0.545. The van der Waals surface area contributed by atoms with Crippen LogP contribution in [0.2, 0.25) is 0 Å². The average Bonchev–Trinajstić information content (AvgIpc) is 2.52. The number of allylic oxidation sites excluding steroid dienone is 2. The van der Waals surface area contributed by atoms with Crippen molar-refractivity contribution in [3.8, 4) is 0 Å². The Hall–Kier alpha value is -1.34. The van der Waals surface area contributed by atoms with Gasteiger partial charge in [-0.25, -0.2) is 0 Å². The number of fused-ring (bicyclic) bond motifs is 2. The molecular formula is C22H30O. The van der Waals surface area contributed by atoms with Gasteiger partial charge in [0.1, 0.15) is 0 Å². The van der Waals surface area contributed by atoms with Gasteiger partial charge in [-0.2, -0.15) is 0 Å². The fourth-order valence-corrected chi connectivity index (χ4v) is 4.08. The molecule has 0 N–H and O–H groups in total. The highest BCUT2D eigenvalue weighted by Gasteiger charge is 2.47. The van der Waals surface area contributed by atoms with Crippen LogP contribution in [0, 0.1) is 18.8 Å². The van der Waals surface area contributed by atoms with Crippen molar-refractivity contribution in [2.24, 2.45) is 11.8 Å². The maximum absolute atomic E-state index is 6.80. The van der Waals surface area contributed by atoms with Crippen molar-refractivity contribution in [2.75, 3.05) is 0 Å². The van der Waals surface area contributed by atoms with E-state index in [1.807, 2.05) is 0 Å². The van der Waals surface area contributed by atoms with Crippen LogP contribution in [0.25, 0.3) is 0 Å². The van der Waals surface area contributed by atoms with Gasteiger partial charge in [-0.3, -0.25) is 0 Å². The van der Waals surface area contributed by atoms with Crippen molar-refractivity contribution in [3.05, 3.63) is 58.7 Å². The number of hydrogen-bond acceptors (Lipinski definition) is 1. The molecule has 0 radical (unpaired) electrons. The van der Waals surface area contributed by atoms with E-state index >= 15 is 0 Å². The molecule has 0 spiro atoms. The lowest BCUT2D eigenvalue weighted by molar-refractivity contribution is -0.175. The average molecular weight is 310 g/mol. The van der Waals surface area contributed by atoms with Crippen molar-refractivity contribution < 1.29 is 4.74 Å². The van der Waals surface area contributed by atoms with E-state index in [-0.39, 0.29) is 11.7 Å². The SMILES string of the molecule is CC(C)=CC[C@]1(C)O[C@H](c2ccc(C)cc2)[C@@H]2C[C@@H]1CC=C2C. The molecule has 1 saturated heterocycles. The Morgan fingerprint density at radius 2 is 1.91 bits per heavy atom. The third kappa shape index (κ3) is 3.30. The maximum atomic E-state index is 6.80. The third-order valence-corrected chi connectivity index (χ3v) is 5.79. The summed E-state index contributed by atoms with van der Waals surface area (Å²) in [5.74, 6) is 1.17. The number of benzene rings is 1. The van der Waals surface area contributed by atoms with Gasteiger partial charge in [0.2, 0.25) is 0 Å². The van der Waals surface area contributed by atoms with Gasteiger partial charge in [-0.15, -0.1) is 0 Å². The zero-order chi connectivity index (χ0) is 16.6. The maximum Gasteiger partial charge on any atom is 0.0897 e. The van der Waals surface area contributed by atoms with Crippen LogP contribution in [0.15, 0.2) is 47.6 Å². The van der Waals surface area contributed by atoms with E-state index < -0.39 is 0 Å². The summed E-state index contributed by atoms with van der Waals surface area (Å²) in [6.07, 6.45) is 8.44. The molecule has 1 aliphatic carbocycles. The highest BCUT2D eigenvalue weighted by Crippen LogP contribution is 2.52. The molecule has 1 heteroatoms. The van der Waals surface area contributed by atoms with Gasteiger partial charge in [-0.05, 0) is 65.4 Å². The lowest BCUT2D eigenvalue weighted by atomic mass is 9.67. The molecule has 0 aromatic heterocycles. The van der Waals surface area contributed by atoms with Crippen LogP contribution < -0.4 is 0 Å². The molecule has 0 amide bonds. The first-order chi connectivity index (χ1) is 10.9. The zero-order valence-electron chi connectivity index (χ0n) is 15.2. The Bertz CT molecular complexity index is 618. The standard InChI is InChI=1S/C22H30O/c1-15(2)12-13-22(5)19-11-8-17(4)20(14-19)21(23-22)18-9-6-16(3)7-10-18/h6-10,12,19-21H,11,13-14H2,1-5H3/t19-,20+,21+,22-/m0/s1. The van der Waals surface area contributed by atoms with Gasteiger partial charge >= 0.3 is 0 Å². The number of ether oxygens (including phenoxy) is 1. The van der Waals surface area contributed by atoms with E-state index in [1.54, 1.807) is 0 Å². The summed E-state index contributed by atoms with van der Waals surface area (Å²) >= 11 is 0. The zero-order valence-corrected chi connectivity index (χ0v) is 15.2. The lowest BCUT2D eigenvalue weighted by Gasteiger charge is -2.51. The largest absolute Gasteiger partial charge is 0.366 e. The Morgan fingerprint density at radius 1 is 1.22 bits per heavy atom. The van der Waals surface area contributed by atoms with E-state index in [1.165, 1.54) is 28.7 Å². The van der Waals surface area contributed by atoms with Crippen LogP contribution in [0.3, 0.4) is 0 Å². The second kappa shape index (κ2) is 6.28. The second-order valence-electron chi connectivity index (χ2n) is 7.97. The number of aryl methyl sites for hydroxylation is 1. The first kappa shape index (κ1) is 16.5. The molecule has 1 aromatic rings. The summed E-state index contributed by atoms with van der Waals surface area (Å²) in [6, 6.07) is 8.92. The van der Waals surface area contributed by atoms with Crippen LogP contribution in [0.4, 0.5) is 0 Å². The molecule has 2 aliphatic rings. The summed E-state index contributed by atoms with van der Waals surface area (Å²) in [6.45, 7) is 11.1. The summed E-state index contributed by atoms with van der Waals surface area (Å²) in [7, 11) is 0. The van der Waals surface area contributed by atoms with E-state index in [9.17, 15) is 0 Å².